The molecule has 0 spiro atoms. The Kier molecular flexibility index (Phi) is 5.57. The molecule has 1 aromatic carbocycles. The van der Waals surface area contributed by atoms with Gasteiger partial charge in [-0.05, 0) is 38.8 Å². The van der Waals surface area contributed by atoms with Crippen LogP contribution < -0.4 is 10.6 Å². The maximum Gasteiger partial charge on any atom is 0.233 e. The second-order valence-corrected chi connectivity index (χ2v) is 8.69. The Balaban J connectivity index is 1.41. The number of anilines is 3. The van der Waals surface area contributed by atoms with Crippen LogP contribution in [-0.4, -0.2) is 59.5 Å². The van der Waals surface area contributed by atoms with E-state index in [2.05, 4.69) is 34.4 Å². The molecule has 0 bridgehead atoms. The van der Waals surface area contributed by atoms with Crippen LogP contribution in [-0.2, 0) is 11.8 Å². The number of nitrogens with one attached hydrogen (secondary N) is 2. The van der Waals surface area contributed by atoms with Gasteiger partial charge in [0, 0.05) is 39.1 Å². The summed E-state index contributed by atoms with van der Waals surface area (Å²) in [6, 6.07) is 8.19. The van der Waals surface area contributed by atoms with Crippen molar-refractivity contribution in [2.75, 3.05) is 30.3 Å². The first kappa shape index (κ1) is 21.2. The van der Waals surface area contributed by atoms with Crippen molar-refractivity contribution in [1.82, 2.24) is 34.0 Å². The molecule has 1 aliphatic heterocycles. The second-order valence-electron chi connectivity index (χ2n) is 8.69. The normalized spacial score (nSPS) is 14.2. The predicted molar refractivity (Wildman–Crippen MR) is 129 cm³/mol. The Bertz CT molecular complexity index is 1310. The van der Waals surface area contributed by atoms with E-state index in [4.69, 9.17) is 9.97 Å². The molecule has 33 heavy (non-hydrogen) atoms. The van der Waals surface area contributed by atoms with Gasteiger partial charge in [0.25, 0.3) is 0 Å². The topological polar surface area (TPSA) is 106 Å². The SMILES string of the molecule is CC(C)n1cnc2c(NCCCN3CCCC3=O)nc(Nc3nc4ccccc4n3C)nc21. The largest absolute Gasteiger partial charge is 0.368 e. The van der Waals surface area contributed by atoms with Crippen molar-refractivity contribution < 1.29 is 4.79 Å². The molecule has 0 radical (unpaired) electrons. The van der Waals surface area contributed by atoms with E-state index >= 15 is 0 Å². The van der Waals surface area contributed by atoms with Crippen LogP contribution in [0.15, 0.2) is 30.6 Å². The number of nitrogens with zero attached hydrogens (tertiary/aromatic N) is 7. The number of likely N-dealkylation sites (tertiary alicyclic amines) is 1. The quantitative estimate of drug-likeness (QED) is 0.399. The monoisotopic (exact) mass is 447 g/mol. The molecule has 10 nitrogen and oxygen atoms in total. The van der Waals surface area contributed by atoms with Crippen LogP contribution in [0, 0.1) is 0 Å². The summed E-state index contributed by atoms with van der Waals surface area (Å²) >= 11 is 0. The Labute approximate surface area is 192 Å². The molecule has 1 fully saturated rings. The third-order valence-corrected chi connectivity index (χ3v) is 6.06. The van der Waals surface area contributed by atoms with Crippen LogP contribution in [0.5, 0.6) is 0 Å². The molecular weight excluding hydrogens is 418 g/mol. The second kappa shape index (κ2) is 8.68. The maximum atomic E-state index is 11.8. The van der Waals surface area contributed by atoms with Gasteiger partial charge in [-0.15, -0.1) is 0 Å². The molecule has 172 valence electrons. The summed E-state index contributed by atoms with van der Waals surface area (Å²) in [5.74, 6) is 2.06. The zero-order valence-corrected chi connectivity index (χ0v) is 19.2. The molecule has 5 rings (SSSR count). The standard InChI is InChI=1S/C23H29N9O/c1-15(2)32-14-25-19-20(24-11-7-13-31-12-6-10-18(31)33)27-22(28-21(19)32)29-23-26-16-8-4-5-9-17(16)30(23)3/h4-5,8-9,14-15H,6-7,10-13H2,1-3H3,(H2,24,26,27,28,29). The van der Waals surface area contributed by atoms with Crippen LogP contribution in [0.25, 0.3) is 22.2 Å². The number of para-hydroxylation sites is 2. The fourth-order valence-corrected chi connectivity index (χ4v) is 4.25. The molecule has 1 aliphatic rings. The predicted octanol–water partition coefficient (Wildman–Crippen LogP) is 3.46. The zero-order valence-electron chi connectivity index (χ0n) is 19.2. The van der Waals surface area contributed by atoms with Gasteiger partial charge in [0.1, 0.15) is 0 Å². The molecule has 0 aliphatic carbocycles. The number of fused-ring (bicyclic) bond motifs is 2. The number of imidazole rings is 2. The summed E-state index contributed by atoms with van der Waals surface area (Å²) in [5.41, 5.74) is 3.43. The lowest BCUT2D eigenvalue weighted by molar-refractivity contribution is -0.127. The summed E-state index contributed by atoms with van der Waals surface area (Å²) in [6.45, 7) is 6.51. The highest BCUT2D eigenvalue weighted by Gasteiger charge is 2.20. The fourth-order valence-electron chi connectivity index (χ4n) is 4.25. The van der Waals surface area contributed by atoms with Crippen LogP contribution in [0.4, 0.5) is 17.7 Å². The summed E-state index contributed by atoms with van der Waals surface area (Å²) in [4.78, 5) is 32.5. The smallest absolute Gasteiger partial charge is 0.233 e. The van der Waals surface area contributed by atoms with E-state index in [1.54, 1.807) is 6.33 Å². The number of rotatable bonds is 8. The highest BCUT2D eigenvalue weighted by molar-refractivity contribution is 5.85. The number of hydrogen-bond donors (Lipinski definition) is 2. The lowest BCUT2D eigenvalue weighted by atomic mass is 10.3. The van der Waals surface area contributed by atoms with E-state index in [0.717, 1.165) is 48.1 Å². The molecule has 4 aromatic rings. The average molecular weight is 448 g/mol. The zero-order chi connectivity index (χ0) is 22.9. The molecule has 3 aromatic heterocycles. The number of carbonyl (C=O) groups is 1. The van der Waals surface area contributed by atoms with Crippen molar-refractivity contribution in [3.05, 3.63) is 30.6 Å². The van der Waals surface area contributed by atoms with Crippen LogP contribution in [0.1, 0.15) is 39.2 Å². The number of aromatic nitrogens is 6. The van der Waals surface area contributed by atoms with Crippen LogP contribution in [0.2, 0.25) is 0 Å². The minimum Gasteiger partial charge on any atom is -0.368 e. The number of carbonyl (C=O) groups excluding carboxylic acids is 1. The van der Waals surface area contributed by atoms with Gasteiger partial charge in [-0.2, -0.15) is 9.97 Å². The van der Waals surface area contributed by atoms with E-state index < -0.39 is 0 Å². The minimum absolute atomic E-state index is 0.211. The average Bonchev–Trinajstić information content (AvgIpc) is 3.49. The highest BCUT2D eigenvalue weighted by Crippen LogP contribution is 2.26. The van der Waals surface area contributed by atoms with Crippen molar-refractivity contribution in [3.8, 4) is 0 Å². The molecule has 2 N–H and O–H groups in total. The first-order chi connectivity index (χ1) is 16.0. The van der Waals surface area contributed by atoms with E-state index in [1.807, 2.05) is 45.3 Å². The molecule has 1 saturated heterocycles. The van der Waals surface area contributed by atoms with E-state index in [-0.39, 0.29) is 11.9 Å². The summed E-state index contributed by atoms with van der Waals surface area (Å²) in [5, 5.41) is 6.70. The number of benzene rings is 1. The number of hydrogen-bond acceptors (Lipinski definition) is 7. The van der Waals surface area contributed by atoms with E-state index in [1.165, 1.54) is 0 Å². The molecule has 0 saturated carbocycles. The van der Waals surface area contributed by atoms with E-state index in [0.29, 0.717) is 30.7 Å². The first-order valence-electron chi connectivity index (χ1n) is 11.5. The van der Waals surface area contributed by atoms with E-state index in [9.17, 15) is 4.79 Å². The van der Waals surface area contributed by atoms with Gasteiger partial charge in [0.05, 0.1) is 17.4 Å². The summed E-state index contributed by atoms with van der Waals surface area (Å²) < 4.78 is 4.02. The molecule has 0 unspecified atom stereocenters. The Morgan fingerprint density at radius 1 is 1.15 bits per heavy atom. The van der Waals surface area contributed by atoms with Gasteiger partial charge in [0.2, 0.25) is 17.8 Å². The van der Waals surface area contributed by atoms with Gasteiger partial charge in [-0.25, -0.2) is 9.97 Å². The summed E-state index contributed by atoms with van der Waals surface area (Å²) in [7, 11) is 1.97. The third kappa shape index (κ3) is 4.08. The van der Waals surface area contributed by atoms with Crippen LogP contribution in [0.3, 0.4) is 0 Å². The third-order valence-electron chi connectivity index (χ3n) is 6.06. The lowest BCUT2D eigenvalue weighted by Crippen LogP contribution is -2.27. The van der Waals surface area contributed by atoms with Crippen molar-refractivity contribution in [3.63, 3.8) is 0 Å². The van der Waals surface area contributed by atoms with Gasteiger partial charge in [0.15, 0.2) is 17.0 Å². The van der Waals surface area contributed by atoms with Gasteiger partial charge >= 0.3 is 0 Å². The molecular formula is C23H29N9O. The molecule has 1 amide bonds. The fraction of sp³-hybridized carbons (Fsp3) is 0.435. The van der Waals surface area contributed by atoms with Gasteiger partial charge in [-0.1, -0.05) is 12.1 Å². The van der Waals surface area contributed by atoms with Crippen LogP contribution >= 0.6 is 0 Å². The molecule has 4 heterocycles. The summed E-state index contributed by atoms with van der Waals surface area (Å²) in [6.07, 6.45) is 4.28. The van der Waals surface area contributed by atoms with Crippen molar-refractivity contribution >= 4 is 45.8 Å². The molecule has 0 atom stereocenters. The van der Waals surface area contributed by atoms with Gasteiger partial charge in [-0.3, -0.25) is 10.1 Å². The number of aryl methyl sites for hydroxylation is 1. The van der Waals surface area contributed by atoms with Gasteiger partial charge < -0.3 is 19.4 Å². The van der Waals surface area contributed by atoms with Crippen molar-refractivity contribution in [2.24, 2.45) is 7.05 Å². The maximum absolute atomic E-state index is 11.8. The first-order valence-corrected chi connectivity index (χ1v) is 11.5. The Morgan fingerprint density at radius 2 is 2.00 bits per heavy atom. The number of amides is 1. The Morgan fingerprint density at radius 3 is 2.76 bits per heavy atom. The minimum atomic E-state index is 0.211. The Hall–Kier alpha value is -3.69. The van der Waals surface area contributed by atoms with Crippen molar-refractivity contribution in [1.29, 1.82) is 0 Å². The molecule has 10 heteroatoms. The lowest BCUT2D eigenvalue weighted by Gasteiger charge is -2.16. The highest BCUT2D eigenvalue weighted by atomic mass is 16.2. The van der Waals surface area contributed by atoms with Crippen molar-refractivity contribution in [2.45, 2.75) is 39.2 Å².